The standard InChI is InChI=1S/C16H17ClO2/c1-3-12-5-4-6-15(9-12)19-11-13-10-14(17)7-8-16(13)18-2/h4-10H,3,11H2,1-2H3. The Bertz CT molecular complexity index is 552. The van der Waals surface area contributed by atoms with Gasteiger partial charge in [-0.2, -0.15) is 0 Å². The minimum Gasteiger partial charge on any atom is -0.496 e. The van der Waals surface area contributed by atoms with Crippen LogP contribution in [0, 0.1) is 0 Å². The van der Waals surface area contributed by atoms with Crippen molar-refractivity contribution in [2.75, 3.05) is 7.11 Å². The molecule has 0 saturated carbocycles. The molecule has 2 aromatic carbocycles. The maximum Gasteiger partial charge on any atom is 0.125 e. The summed E-state index contributed by atoms with van der Waals surface area (Å²) in [6.45, 7) is 2.57. The predicted octanol–water partition coefficient (Wildman–Crippen LogP) is 4.49. The fraction of sp³-hybridized carbons (Fsp3) is 0.250. The molecule has 0 spiro atoms. The molecule has 100 valence electrons. The number of benzene rings is 2. The van der Waals surface area contributed by atoms with E-state index in [1.807, 2.05) is 30.3 Å². The molecule has 0 aromatic heterocycles. The van der Waals surface area contributed by atoms with E-state index in [9.17, 15) is 0 Å². The summed E-state index contributed by atoms with van der Waals surface area (Å²) in [4.78, 5) is 0. The summed E-state index contributed by atoms with van der Waals surface area (Å²) in [7, 11) is 1.64. The second-order valence-electron chi connectivity index (χ2n) is 4.25. The van der Waals surface area contributed by atoms with Gasteiger partial charge in [0.25, 0.3) is 0 Å². The first-order valence-corrected chi connectivity index (χ1v) is 6.65. The third kappa shape index (κ3) is 3.65. The summed E-state index contributed by atoms with van der Waals surface area (Å²) < 4.78 is 11.1. The van der Waals surface area contributed by atoms with Crippen molar-refractivity contribution < 1.29 is 9.47 Å². The Labute approximate surface area is 118 Å². The van der Waals surface area contributed by atoms with Crippen molar-refractivity contribution in [3.05, 3.63) is 58.6 Å². The van der Waals surface area contributed by atoms with Crippen molar-refractivity contribution in [1.82, 2.24) is 0 Å². The minimum atomic E-state index is 0.441. The summed E-state index contributed by atoms with van der Waals surface area (Å²) in [5.41, 5.74) is 2.20. The molecule has 0 heterocycles. The third-order valence-corrected chi connectivity index (χ3v) is 3.18. The topological polar surface area (TPSA) is 18.5 Å². The van der Waals surface area contributed by atoms with Crippen LogP contribution in [0.3, 0.4) is 0 Å². The Morgan fingerprint density at radius 1 is 1.11 bits per heavy atom. The van der Waals surface area contributed by atoms with E-state index in [0.717, 1.165) is 23.5 Å². The molecule has 0 aliphatic rings. The maximum atomic E-state index is 5.99. The van der Waals surface area contributed by atoms with Crippen LogP contribution in [0.25, 0.3) is 0 Å². The van der Waals surface area contributed by atoms with Gasteiger partial charge in [0.05, 0.1) is 7.11 Å². The molecule has 0 N–H and O–H groups in total. The molecule has 2 rings (SSSR count). The average Bonchev–Trinajstić information content (AvgIpc) is 2.45. The fourth-order valence-electron chi connectivity index (χ4n) is 1.88. The van der Waals surface area contributed by atoms with Crippen molar-refractivity contribution in [2.45, 2.75) is 20.0 Å². The predicted molar refractivity (Wildman–Crippen MR) is 78.2 cm³/mol. The van der Waals surface area contributed by atoms with Gasteiger partial charge in [0.15, 0.2) is 0 Å². The van der Waals surface area contributed by atoms with E-state index in [0.29, 0.717) is 11.6 Å². The summed E-state index contributed by atoms with van der Waals surface area (Å²) in [5, 5.41) is 0.682. The van der Waals surface area contributed by atoms with Gasteiger partial charge in [-0.1, -0.05) is 30.7 Å². The van der Waals surface area contributed by atoms with Crippen molar-refractivity contribution in [1.29, 1.82) is 0 Å². The fourth-order valence-corrected chi connectivity index (χ4v) is 2.07. The zero-order valence-electron chi connectivity index (χ0n) is 11.2. The summed E-state index contributed by atoms with van der Waals surface area (Å²) in [5.74, 6) is 1.65. The average molecular weight is 277 g/mol. The zero-order valence-corrected chi connectivity index (χ0v) is 11.9. The minimum absolute atomic E-state index is 0.441. The van der Waals surface area contributed by atoms with Crippen LogP contribution in [-0.4, -0.2) is 7.11 Å². The maximum absolute atomic E-state index is 5.99. The third-order valence-electron chi connectivity index (χ3n) is 2.94. The van der Waals surface area contributed by atoms with Gasteiger partial charge in [-0.3, -0.25) is 0 Å². The molecule has 0 saturated heterocycles. The lowest BCUT2D eigenvalue weighted by molar-refractivity contribution is 0.296. The molecule has 0 bridgehead atoms. The Hall–Kier alpha value is -1.67. The van der Waals surface area contributed by atoms with Crippen LogP contribution in [0.5, 0.6) is 11.5 Å². The van der Waals surface area contributed by atoms with Gasteiger partial charge in [0.1, 0.15) is 18.1 Å². The molecule has 19 heavy (non-hydrogen) atoms. The molecule has 0 aliphatic heterocycles. The molecule has 0 fully saturated rings. The van der Waals surface area contributed by atoms with Crippen molar-refractivity contribution in [2.24, 2.45) is 0 Å². The van der Waals surface area contributed by atoms with E-state index < -0.39 is 0 Å². The Kier molecular flexibility index (Phi) is 4.69. The van der Waals surface area contributed by atoms with E-state index in [-0.39, 0.29) is 0 Å². The van der Waals surface area contributed by atoms with E-state index >= 15 is 0 Å². The van der Waals surface area contributed by atoms with Crippen LogP contribution in [0.15, 0.2) is 42.5 Å². The van der Waals surface area contributed by atoms with Gasteiger partial charge in [-0.15, -0.1) is 0 Å². The smallest absolute Gasteiger partial charge is 0.125 e. The quantitative estimate of drug-likeness (QED) is 0.801. The van der Waals surface area contributed by atoms with Crippen LogP contribution in [-0.2, 0) is 13.0 Å². The zero-order chi connectivity index (χ0) is 13.7. The van der Waals surface area contributed by atoms with Gasteiger partial charge in [0.2, 0.25) is 0 Å². The molecular formula is C16H17ClO2. The molecule has 2 aromatic rings. The number of hydrogen-bond acceptors (Lipinski definition) is 2. The number of methoxy groups -OCH3 is 1. The van der Waals surface area contributed by atoms with Gasteiger partial charge in [-0.25, -0.2) is 0 Å². The van der Waals surface area contributed by atoms with Crippen molar-refractivity contribution >= 4 is 11.6 Å². The number of aryl methyl sites for hydroxylation is 1. The molecule has 3 heteroatoms. The van der Waals surface area contributed by atoms with Gasteiger partial charge >= 0.3 is 0 Å². The Morgan fingerprint density at radius 2 is 1.95 bits per heavy atom. The Balaban J connectivity index is 2.11. The second kappa shape index (κ2) is 6.48. The molecule has 0 amide bonds. The first kappa shape index (κ1) is 13.8. The highest BCUT2D eigenvalue weighted by Crippen LogP contribution is 2.24. The van der Waals surface area contributed by atoms with Crippen molar-refractivity contribution in [3.8, 4) is 11.5 Å². The molecule has 0 unspecified atom stereocenters. The van der Waals surface area contributed by atoms with E-state index in [2.05, 4.69) is 19.1 Å². The lowest BCUT2D eigenvalue weighted by Crippen LogP contribution is -1.99. The van der Waals surface area contributed by atoms with Gasteiger partial charge < -0.3 is 9.47 Å². The van der Waals surface area contributed by atoms with E-state index in [1.165, 1.54) is 5.56 Å². The molecule has 2 nitrogen and oxygen atoms in total. The highest BCUT2D eigenvalue weighted by Gasteiger charge is 2.05. The summed E-state index contributed by atoms with van der Waals surface area (Å²) in [6.07, 6.45) is 0.998. The lowest BCUT2D eigenvalue weighted by atomic mass is 10.1. The molecule has 0 radical (unpaired) electrons. The highest BCUT2D eigenvalue weighted by atomic mass is 35.5. The summed E-state index contributed by atoms with van der Waals surface area (Å²) >= 11 is 5.99. The Morgan fingerprint density at radius 3 is 2.68 bits per heavy atom. The van der Waals surface area contributed by atoms with Crippen molar-refractivity contribution in [3.63, 3.8) is 0 Å². The number of hydrogen-bond donors (Lipinski definition) is 0. The molecule has 0 atom stereocenters. The normalized spacial score (nSPS) is 10.3. The lowest BCUT2D eigenvalue weighted by Gasteiger charge is -2.11. The van der Waals surface area contributed by atoms with Crippen LogP contribution in [0.2, 0.25) is 5.02 Å². The van der Waals surface area contributed by atoms with Crippen LogP contribution in [0.4, 0.5) is 0 Å². The number of rotatable bonds is 5. The number of ether oxygens (including phenoxy) is 2. The SMILES string of the molecule is CCc1cccc(OCc2cc(Cl)ccc2OC)c1. The monoisotopic (exact) mass is 276 g/mol. The van der Waals surface area contributed by atoms with Crippen LogP contribution < -0.4 is 9.47 Å². The number of halogens is 1. The molecular weight excluding hydrogens is 260 g/mol. The van der Waals surface area contributed by atoms with Crippen LogP contribution in [0.1, 0.15) is 18.1 Å². The molecule has 0 aliphatic carbocycles. The van der Waals surface area contributed by atoms with E-state index in [4.69, 9.17) is 21.1 Å². The van der Waals surface area contributed by atoms with Gasteiger partial charge in [-0.05, 0) is 42.3 Å². The first-order valence-electron chi connectivity index (χ1n) is 6.27. The first-order chi connectivity index (χ1) is 9.22. The van der Waals surface area contributed by atoms with E-state index in [1.54, 1.807) is 7.11 Å². The summed E-state index contributed by atoms with van der Waals surface area (Å²) in [6, 6.07) is 13.6. The van der Waals surface area contributed by atoms with Crippen LogP contribution >= 0.6 is 11.6 Å². The van der Waals surface area contributed by atoms with Gasteiger partial charge in [0, 0.05) is 10.6 Å². The highest BCUT2D eigenvalue weighted by molar-refractivity contribution is 6.30. The second-order valence-corrected chi connectivity index (χ2v) is 4.68. The largest absolute Gasteiger partial charge is 0.496 e.